The number of methoxy groups -OCH3 is 1. The van der Waals surface area contributed by atoms with Gasteiger partial charge in [0.25, 0.3) is 0 Å². The van der Waals surface area contributed by atoms with Crippen LogP contribution >= 0.6 is 0 Å². The average Bonchev–Trinajstić information content (AvgIpc) is 3.15. The van der Waals surface area contributed by atoms with E-state index in [1.807, 2.05) is 20.8 Å². The second-order valence-electron chi connectivity index (χ2n) is 8.56. The molecular weight excluding hydrogens is 365 g/mol. The van der Waals surface area contributed by atoms with Gasteiger partial charge in [-0.1, -0.05) is 6.07 Å². The van der Waals surface area contributed by atoms with Crippen LogP contribution in [0.4, 0.5) is 9.18 Å². The Hall–Kier alpha value is -2.31. The fourth-order valence-electron chi connectivity index (χ4n) is 4.03. The Labute approximate surface area is 164 Å². The lowest BCUT2D eigenvalue weighted by Crippen LogP contribution is -2.37. The predicted octanol–water partition coefficient (Wildman–Crippen LogP) is 3.57. The van der Waals surface area contributed by atoms with Crippen LogP contribution in [0.15, 0.2) is 18.2 Å². The van der Waals surface area contributed by atoms with Crippen molar-refractivity contribution in [1.29, 1.82) is 0 Å². The highest BCUT2D eigenvalue weighted by Crippen LogP contribution is 2.40. The van der Waals surface area contributed by atoms with Gasteiger partial charge in [0.2, 0.25) is 0 Å². The number of halogens is 1. The molecule has 0 bridgehead atoms. The first-order chi connectivity index (χ1) is 13.2. The Balaban J connectivity index is 1.55. The second-order valence-corrected chi connectivity index (χ2v) is 8.56. The second kappa shape index (κ2) is 7.97. The number of carbonyl (C=O) groups excluding carboxylic acids is 2. The maximum Gasteiger partial charge on any atom is 0.410 e. The van der Waals surface area contributed by atoms with Crippen LogP contribution in [0.2, 0.25) is 0 Å². The first kappa shape index (κ1) is 20.4. The Morgan fingerprint density at radius 1 is 1.21 bits per heavy atom. The molecule has 1 aliphatic heterocycles. The summed E-state index contributed by atoms with van der Waals surface area (Å²) in [6, 6.07) is 4.44. The molecule has 6 nitrogen and oxygen atoms in total. The summed E-state index contributed by atoms with van der Waals surface area (Å²) in [6.07, 6.45) is 1.18. The zero-order valence-corrected chi connectivity index (χ0v) is 16.9. The summed E-state index contributed by atoms with van der Waals surface area (Å²) < 4.78 is 29.8. The van der Waals surface area contributed by atoms with Gasteiger partial charge in [-0.15, -0.1) is 0 Å². The van der Waals surface area contributed by atoms with Crippen LogP contribution in [-0.2, 0) is 20.7 Å². The van der Waals surface area contributed by atoms with Gasteiger partial charge in [0, 0.05) is 19.0 Å². The van der Waals surface area contributed by atoms with Gasteiger partial charge >= 0.3 is 12.1 Å². The molecule has 1 saturated carbocycles. The molecule has 2 aliphatic rings. The number of likely N-dealkylation sites (tertiary alicyclic amines) is 1. The Morgan fingerprint density at radius 3 is 2.61 bits per heavy atom. The lowest BCUT2D eigenvalue weighted by Gasteiger charge is -2.25. The third-order valence-electron chi connectivity index (χ3n) is 5.29. The molecule has 2 fully saturated rings. The van der Waals surface area contributed by atoms with Gasteiger partial charge in [-0.05, 0) is 57.2 Å². The maximum atomic E-state index is 13.8. The lowest BCUT2D eigenvalue weighted by atomic mass is 9.99. The van der Waals surface area contributed by atoms with Crippen LogP contribution < -0.4 is 4.74 Å². The van der Waals surface area contributed by atoms with Gasteiger partial charge in [0.15, 0.2) is 11.6 Å². The quantitative estimate of drug-likeness (QED) is 0.732. The molecule has 1 aromatic rings. The fourth-order valence-corrected chi connectivity index (χ4v) is 4.03. The number of rotatable bonds is 4. The van der Waals surface area contributed by atoms with E-state index in [9.17, 15) is 14.0 Å². The largest absolute Gasteiger partial charge is 0.494 e. The van der Waals surface area contributed by atoms with Crippen molar-refractivity contribution in [3.05, 3.63) is 29.6 Å². The summed E-state index contributed by atoms with van der Waals surface area (Å²) in [7, 11) is 1.39. The zero-order valence-electron chi connectivity index (χ0n) is 16.9. The minimum absolute atomic E-state index is 0.00454. The molecule has 0 radical (unpaired) electrons. The number of hydrogen-bond acceptors (Lipinski definition) is 5. The van der Waals surface area contributed by atoms with Gasteiger partial charge in [0.05, 0.1) is 13.5 Å². The molecule has 0 aromatic heterocycles. The summed E-state index contributed by atoms with van der Waals surface area (Å²) in [6.45, 7) is 6.70. The van der Waals surface area contributed by atoms with Crippen molar-refractivity contribution >= 4 is 12.1 Å². The number of nitrogens with zero attached hydrogens (tertiary/aromatic N) is 1. The van der Waals surface area contributed by atoms with Crippen molar-refractivity contribution in [1.82, 2.24) is 4.90 Å². The molecule has 1 heterocycles. The number of benzene rings is 1. The summed E-state index contributed by atoms with van der Waals surface area (Å²) in [4.78, 5) is 26.3. The number of hydrogen-bond donors (Lipinski definition) is 0. The number of carbonyl (C=O) groups is 2. The van der Waals surface area contributed by atoms with Gasteiger partial charge < -0.3 is 19.1 Å². The van der Waals surface area contributed by atoms with Gasteiger partial charge in [-0.2, -0.15) is 0 Å². The molecule has 154 valence electrons. The van der Waals surface area contributed by atoms with E-state index < -0.39 is 11.4 Å². The van der Waals surface area contributed by atoms with E-state index in [1.54, 1.807) is 11.0 Å². The third kappa shape index (κ3) is 4.75. The van der Waals surface area contributed by atoms with Crippen LogP contribution in [0.5, 0.6) is 5.75 Å². The molecule has 28 heavy (non-hydrogen) atoms. The Kier molecular flexibility index (Phi) is 5.82. The first-order valence-electron chi connectivity index (χ1n) is 9.66. The van der Waals surface area contributed by atoms with E-state index in [1.165, 1.54) is 19.2 Å². The molecule has 1 aliphatic carbocycles. The van der Waals surface area contributed by atoms with Crippen molar-refractivity contribution in [2.45, 2.75) is 51.7 Å². The van der Waals surface area contributed by atoms with E-state index in [4.69, 9.17) is 14.2 Å². The Bertz CT molecular complexity index is 745. The molecule has 1 saturated heterocycles. The monoisotopic (exact) mass is 393 g/mol. The standard InChI is InChI=1S/C21H28FNO5/c1-21(2,3)28-20(25)23-11-14-6-8-17(15(14)12-23)27-19(24)10-13-5-7-18(26-4)16(22)9-13/h5,7,9,14-15,17H,6,8,10-12H2,1-4H3. The highest BCUT2D eigenvalue weighted by atomic mass is 19.1. The smallest absolute Gasteiger partial charge is 0.410 e. The topological polar surface area (TPSA) is 65.1 Å². The third-order valence-corrected chi connectivity index (χ3v) is 5.29. The van der Waals surface area contributed by atoms with Crippen LogP contribution in [0.3, 0.4) is 0 Å². The van der Waals surface area contributed by atoms with Gasteiger partial charge in [-0.25, -0.2) is 9.18 Å². The van der Waals surface area contributed by atoms with Crippen molar-refractivity contribution in [3.8, 4) is 5.75 Å². The summed E-state index contributed by atoms with van der Waals surface area (Å²) in [5, 5.41) is 0. The van der Waals surface area contributed by atoms with Crippen molar-refractivity contribution in [3.63, 3.8) is 0 Å². The highest BCUT2D eigenvalue weighted by molar-refractivity contribution is 5.73. The van der Waals surface area contributed by atoms with Crippen molar-refractivity contribution in [2.24, 2.45) is 11.8 Å². The molecular formula is C21H28FNO5. The molecule has 0 spiro atoms. The predicted molar refractivity (Wildman–Crippen MR) is 101 cm³/mol. The minimum Gasteiger partial charge on any atom is -0.494 e. The molecule has 3 rings (SSSR count). The first-order valence-corrected chi connectivity index (χ1v) is 9.66. The van der Waals surface area contributed by atoms with E-state index in [0.29, 0.717) is 24.6 Å². The van der Waals surface area contributed by atoms with E-state index in [0.717, 1.165) is 12.8 Å². The molecule has 1 amide bonds. The van der Waals surface area contributed by atoms with E-state index >= 15 is 0 Å². The maximum absolute atomic E-state index is 13.8. The molecule has 1 aromatic carbocycles. The normalized spacial score (nSPS) is 24.0. The van der Waals surface area contributed by atoms with Crippen LogP contribution in [0.1, 0.15) is 39.2 Å². The Morgan fingerprint density at radius 2 is 1.96 bits per heavy atom. The van der Waals surface area contributed by atoms with E-state index in [-0.39, 0.29) is 36.3 Å². The van der Waals surface area contributed by atoms with Crippen LogP contribution in [0, 0.1) is 17.7 Å². The van der Waals surface area contributed by atoms with Crippen molar-refractivity contribution < 1.29 is 28.2 Å². The summed E-state index contributed by atoms with van der Waals surface area (Å²) in [5.41, 5.74) is 0.00790. The molecule has 3 atom stereocenters. The summed E-state index contributed by atoms with van der Waals surface area (Å²) >= 11 is 0. The molecule has 3 unspecified atom stereocenters. The number of amides is 1. The average molecular weight is 393 g/mol. The SMILES string of the molecule is COc1ccc(CC(=O)OC2CCC3CN(C(=O)OC(C)(C)C)CC32)cc1F. The zero-order chi connectivity index (χ0) is 20.5. The van der Waals surface area contributed by atoms with Crippen LogP contribution in [0.25, 0.3) is 0 Å². The van der Waals surface area contributed by atoms with Gasteiger partial charge in [-0.3, -0.25) is 4.79 Å². The minimum atomic E-state index is -0.533. The van der Waals surface area contributed by atoms with E-state index in [2.05, 4.69) is 0 Å². The van der Waals surface area contributed by atoms with Crippen molar-refractivity contribution in [2.75, 3.05) is 20.2 Å². The fraction of sp³-hybridized carbons (Fsp3) is 0.619. The van der Waals surface area contributed by atoms with Gasteiger partial charge in [0.1, 0.15) is 11.7 Å². The number of ether oxygens (including phenoxy) is 3. The number of esters is 1. The van der Waals surface area contributed by atoms with Crippen LogP contribution in [-0.4, -0.2) is 48.9 Å². The highest BCUT2D eigenvalue weighted by Gasteiger charge is 2.46. The lowest BCUT2D eigenvalue weighted by molar-refractivity contribution is -0.150. The summed E-state index contributed by atoms with van der Waals surface area (Å²) in [5.74, 6) is -0.291. The molecule has 0 N–H and O–H groups in total. The molecule has 7 heteroatoms. The number of fused-ring (bicyclic) bond motifs is 1.